The Bertz CT molecular complexity index is 361. The molecule has 0 aliphatic heterocycles. The van der Waals surface area contributed by atoms with Gasteiger partial charge >= 0.3 is 18.2 Å². The van der Waals surface area contributed by atoms with Crippen LogP contribution in [0, 0.1) is 0 Å². The largest absolute Gasteiger partial charge is 0.541 e. The second-order valence-electron chi connectivity index (χ2n) is 3.42. The lowest BCUT2D eigenvalue weighted by molar-refractivity contribution is -0.167. The Morgan fingerprint density at radius 2 is 1.65 bits per heavy atom. The third kappa shape index (κ3) is 5.77. The Kier molecular flexibility index (Phi) is 7.42. The summed E-state index contributed by atoms with van der Waals surface area (Å²) >= 11 is 0. The Morgan fingerprint density at radius 1 is 1.10 bits per heavy atom. The highest BCUT2D eigenvalue weighted by Gasteiger charge is 2.36. The number of amides is 2. The van der Waals surface area contributed by atoms with Crippen molar-refractivity contribution >= 4 is 18.2 Å². The molecule has 0 aliphatic rings. The monoisotopic (exact) mass is 298 g/mol. The quantitative estimate of drug-likeness (QED) is 0.147. The van der Waals surface area contributed by atoms with Crippen LogP contribution < -0.4 is 11.2 Å². The summed E-state index contributed by atoms with van der Waals surface area (Å²) in [6.45, 7) is -0.954. The summed E-state index contributed by atoms with van der Waals surface area (Å²) in [6.07, 6.45) is -10.4. The lowest BCUT2D eigenvalue weighted by Crippen LogP contribution is -2.49. The Labute approximate surface area is 111 Å². The molecule has 12 heteroatoms. The predicted molar refractivity (Wildman–Crippen MR) is 56.4 cm³/mol. The molecule has 0 aromatic heterocycles. The Morgan fingerprint density at radius 3 is 2.10 bits per heavy atom. The van der Waals surface area contributed by atoms with E-state index in [-0.39, 0.29) is 0 Å². The number of urea groups is 1. The topological polar surface area (TPSA) is 209 Å². The van der Waals surface area contributed by atoms with Crippen molar-refractivity contribution < 1.29 is 49.5 Å². The van der Waals surface area contributed by atoms with Gasteiger partial charge in [0.25, 0.3) is 0 Å². The van der Waals surface area contributed by atoms with Gasteiger partial charge in [0.1, 0.15) is 18.3 Å². The van der Waals surface area contributed by atoms with Crippen molar-refractivity contribution in [1.29, 1.82) is 0 Å². The van der Waals surface area contributed by atoms with Gasteiger partial charge in [0.2, 0.25) is 0 Å². The van der Waals surface area contributed by atoms with Gasteiger partial charge in [-0.05, 0) is 0 Å². The fourth-order valence-corrected chi connectivity index (χ4v) is 0.917. The van der Waals surface area contributed by atoms with Crippen LogP contribution in [-0.4, -0.2) is 74.7 Å². The highest BCUT2D eigenvalue weighted by molar-refractivity contribution is 5.85. The number of hydroxylamine groups is 1. The lowest BCUT2D eigenvalue weighted by Gasteiger charge is -2.23. The number of aliphatic hydroxyl groups excluding tert-OH is 5. The van der Waals surface area contributed by atoms with Crippen molar-refractivity contribution in [1.82, 2.24) is 5.48 Å². The van der Waals surface area contributed by atoms with Crippen molar-refractivity contribution in [2.75, 3.05) is 6.61 Å². The van der Waals surface area contributed by atoms with E-state index in [2.05, 4.69) is 15.3 Å². The molecule has 8 N–H and O–H groups in total. The zero-order valence-electron chi connectivity index (χ0n) is 9.87. The molecule has 0 spiro atoms. The molecule has 0 unspecified atom stereocenters. The van der Waals surface area contributed by atoms with Crippen LogP contribution in [0.2, 0.25) is 0 Å². The van der Waals surface area contributed by atoms with E-state index in [4.69, 9.17) is 10.2 Å². The highest BCUT2D eigenvalue weighted by atomic mass is 16.8. The molecule has 12 nitrogen and oxygen atoms in total. The third-order valence-corrected chi connectivity index (χ3v) is 1.92. The van der Waals surface area contributed by atoms with E-state index >= 15 is 0 Å². The summed E-state index contributed by atoms with van der Waals surface area (Å²) in [4.78, 5) is 35.8. The van der Waals surface area contributed by atoms with Crippen LogP contribution in [-0.2, 0) is 14.4 Å². The standard InChI is InChI=1S/C8H14N2O10/c9-7(17)10-20-8(18)19-6(16)5(15)4(14)3(13)2(12)1-11/h2-5,11-15H,1H2,(H3,9,10,17)/t2-,3-,4+,5-/m1/s1. The molecule has 0 aromatic carbocycles. The molecule has 0 rings (SSSR count). The molecule has 0 radical (unpaired) electrons. The maximum atomic E-state index is 11.1. The summed E-state index contributed by atoms with van der Waals surface area (Å²) in [7, 11) is 0. The number of aliphatic hydroxyl groups is 5. The number of nitrogens with two attached hydrogens (primary N) is 1. The smallest absolute Gasteiger partial charge is 0.394 e. The average molecular weight is 298 g/mol. The van der Waals surface area contributed by atoms with E-state index in [0.717, 1.165) is 0 Å². The van der Waals surface area contributed by atoms with Crippen LogP contribution in [0.4, 0.5) is 9.59 Å². The number of hydrogen-bond acceptors (Lipinski definition) is 10. The van der Waals surface area contributed by atoms with Crippen LogP contribution in [0.5, 0.6) is 0 Å². The summed E-state index contributed by atoms with van der Waals surface area (Å²) < 4.78 is 3.81. The number of hydrogen-bond donors (Lipinski definition) is 7. The second kappa shape index (κ2) is 8.23. The SMILES string of the molecule is NC(=O)NOC(=O)OC(=O)[C@H](O)[C@@H](O)[C@H](O)[C@H](O)CO. The molecule has 0 aliphatic carbocycles. The van der Waals surface area contributed by atoms with Crippen LogP contribution in [0.1, 0.15) is 0 Å². The van der Waals surface area contributed by atoms with Crippen molar-refractivity contribution in [2.45, 2.75) is 24.4 Å². The van der Waals surface area contributed by atoms with E-state index in [0.29, 0.717) is 0 Å². The predicted octanol–water partition coefficient (Wildman–Crippen LogP) is -4.31. The zero-order chi connectivity index (χ0) is 15.9. The Balaban J connectivity index is 4.39. The fourth-order valence-electron chi connectivity index (χ4n) is 0.917. The maximum Gasteiger partial charge on any atom is 0.541 e. The first kappa shape index (κ1) is 18.0. The third-order valence-electron chi connectivity index (χ3n) is 1.92. The van der Waals surface area contributed by atoms with Crippen molar-refractivity contribution in [3.63, 3.8) is 0 Å². The first-order chi connectivity index (χ1) is 9.20. The van der Waals surface area contributed by atoms with E-state index in [1.807, 2.05) is 0 Å². The Hall–Kier alpha value is -1.99. The molecular weight excluding hydrogens is 284 g/mol. The van der Waals surface area contributed by atoms with Crippen LogP contribution >= 0.6 is 0 Å². The first-order valence-electron chi connectivity index (χ1n) is 5.01. The van der Waals surface area contributed by atoms with Gasteiger partial charge in [-0.3, -0.25) is 0 Å². The molecule has 116 valence electrons. The zero-order valence-corrected chi connectivity index (χ0v) is 9.87. The number of ether oxygens (including phenoxy) is 1. The van der Waals surface area contributed by atoms with Crippen LogP contribution in [0.25, 0.3) is 0 Å². The first-order valence-corrected chi connectivity index (χ1v) is 5.01. The van der Waals surface area contributed by atoms with Gasteiger partial charge in [-0.2, -0.15) is 5.48 Å². The van der Waals surface area contributed by atoms with Gasteiger partial charge in [-0.15, -0.1) is 0 Å². The number of carbonyl (C=O) groups is 3. The molecule has 0 saturated heterocycles. The molecular formula is C8H14N2O10. The minimum Gasteiger partial charge on any atom is -0.394 e. The molecule has 2 amide bonds. The van der Waals surface area contributed by atoms with Gasteiger partial charge in [0.15, 0.2) is 6.10 Å². The van der Waals surface area contributed by atoms with E-state index in [1.54, 1.807) is 0 Å². The number of esters is 1. The molecule has 0 fully saturated rings. The minimum atomic E-state index is -2.42. The van der Waals surface area contributed by atoms with E-state index in [1.165, 1.54) is 5.48 Å². The molecule has 0 bridgehead atoms. The number of primary amides is 1. The van der Waals surface area contributed by atoms with Gasteiger partial charge in [0, 0.05) is 0 Å². The van der Waals surface area contributed by atoms with Crippen LogP contribution in [0.15, 0.2) is 0 Å². The number of nitrogens with one attached hydrogen (secondary N) is 1. The summed E-state index contributed by atoms with van der Waals surface area (Å²) in [5.74, 6) is -1.74. The van der Waals surface area contributed by atoms with Crippen molar-refractivity contribution in [3.05, 3.63) is 0 Å². The summed E-state index contributed by atoms with van der Waals surface area (Å²) in [6, 6.07) is -1.27. The molecule has 0 heterocycles. The number of carbonyl (C=O) groups excluding carboxylic acids is 3. The van der Waals surface area contributed by atoms with E-state index < -0.39 is 49.2 Å². The van der Waals surface area contributed by atoms with Crippen molar-refractivity contribution in [2.24, 2.45) is 5.73 Å². The molecule has 4 atom stereocenters. The van der Waals surface area contributed by atoms with Gasteiger partial charge in [-0.25, -0.2) is 14.4 Å². The average Bonchev–Trinajstić information content (AvgIpc) is 2.41. The van der Waals surface area contributed by atoms with Gasteiger partial charge in [-0.1, -0.05) is 0 Å². The molecule has 0 aromatic rings. The van der Waals surface area contributed by atoms with Crippen LogP contribution in [0.3, 0.4) is 0 Å². The number of rotatable bonds is 5. The fraction of sp³-hybridized carbons (Fsp3) is 0.625. The van der Waals surface area contributed by atoms with Crippen molar-refractivity contribution in [3.8, 4) is 0 Å². The summed E-state index contributed by atoms with van der Waals surface area (Å²) in [5, 5.41) is 45.2. The lowest BCUT2D eigenvalue weighted by atomic mass is 10.0. The van der Waals surface area contributed by atoms with Gasteiger partial charge in [0.05, 0.1) is 6.61 Å². The van der Waals surface area contributed by atoms with Gasteiger partial charge < -0.3 is 40.8 Å². The summed E-state index contributed by atoms with van der Waals surface area (Å²) in [5.41, 5.74) is 5.84. The minimum absolute atomic E-state index is 0.954. The second-order valence-corrected chi connectivity index (χ2v) is 3.42. The molecule has 20 heavy (non-hydrogen) atoms. The van der Waals surface area contributed by atoms with E-state index in [9.17, 15) is 29.7 Å². The maximum absolute atomic E-state index is 11.1. The molecule has 0 saturated carbocycles. The normalized spacial score (nSPS) is 16.4. The highest BCUT2D eigenvalue weighted by Crippen LogP contribution is 2.07.